The SMILES string of the molecule is COc1ccc(Br)c(CC2(O)CCCC(C)(C)C2)c1. The Morgan fingerprint density at radius 2 is 2.05 bits per heavy atom. The van der Waals surface area contributed by atoms with Gasteiger partial charge in [-0.3, -0.25) is 0 Å². The summed E-state index contributed by atoms with van der Waals surface area (Å²) in [5, 5.41) is 10.9. The molecule has 1 fully saturated rings. The number of hydrogen-bond acceptors (Lipinski definition) is 2. The Balaban J connectivity index is 2.20. The second-order valence-electron chi connectivity index (χ2n) is 6.55. The van der Waals surface area contributed by atoms with Gasteiger partial charge in [0.25, 0.3) is 0 Å². The first-order valence-corrected chi connectivity index (χ1v) is 7.68. The molecule has 19 heavy (non-hydrogen) atoms. The first-order valence-electron chi connectivity index (χ1n) is 6.88. The van der Waals surface area contributed by atoms with Crippen molar-refractivity contribution in [2.45, 2.75) is 51.6 Å². The second kappa shape index (κ2) is 5.45. The highest BCUT2D eigenvalue weighted by Gasteiger charge is 2.38. The molecule has 3 heteroatoms. The van der Waals surface area contributed by atoms with Crippen LogP contribution in [0.5, 0.6) is 5.75 Å². The highest BCUT2D eigenvalue weighted by atomic mass is 79.9. The van der Waals surface area contributed by atoms with Crippen molar-refractivity contribution in [3.8, 4) is 5.75 Å². The smallest absolute Gasteiger partial charge is 0.119 e. The number of benzene rings is 1. The van der Waals surface area contributed by atoms with Gasteiger partial charge in [0.15, 0.2) is 0 Å². The second-order valence-corrected chi connectivity index (χ2v) is 7.41. The molecular weight excluding hydrogens is 304 g/mol. The van der Waals surface area contributed by atoms with Gasteiger partial charge >= 0.3 is 0 Å². The lowest BCUT2D eigenvalue weighted by Gasteiger charge is -2.41. The first-order chi connectivity index (χ1) is 8.84. The van der Waals surface area contributed by atoms with Crippen molar-refractivity contribution in [2.24, 2.45) is 5.41 Å². The van der Waals surface area contributed by atoms with Gasteiger partial charge in [0.2, 0.25) is 0 Å². The van der Waals surface area contributed by atoms with E-state index in [4.69, 9.17) is 4.74 Å². The van der Waals surface area contributed by atoms with Gasteiger partial charge in [-0.1, -0.05) is 36.2 Å². The molecule has 1 atom stereocenters. The number of aliphatic hydroxyl groups is 1. The summed E-state index contributed by atoms with van der Waals surface area (Å²) in [7, 11) is 1.67. The molecule has 0 aromatic heterocycles. The lowest BCUT2D eigenvalue weighted by molar-refractivity contribution is -0.0383. The molecule has 1 N–H and O–H groups in total. The Labute approximate surface area is 124 Å². The Kier molecular flexibility index (Phi) is 4.26. The van der Waals surface area contributed by atoms with Crippen molar-refractivity contribution in [1.82, 2.24) is 0 Å². The average molecular weight is 327 g/mol. The molecule has 0 spiro atoms. The van der Waals surface area contributed by atoms with Crippen molar-refractivity contribution in [3.63, 3.8) is 0 Å². The lowest BCUT2D eigenvalue weighted by atomic mass is 9.68. The third-order valence-corrected chi connectivity index (χ3v) is 4.85. The molecule has 2 nitrogen and oxygen atoms in total. The van der Waals surface area contributed by atoms with E-state index in [9.17, 15) is 5.11 Å². The van der Waals surface area contributed by atoms with Crippen LogP contribution in [0, 0.1) is 5.41 Å². The van der Waals surface area contributed by atoms with E-state index in [-0.39, 0.29) is 5.41 Å². The normalized spacial score (nSPS) is 26.2. The Morgan fingerprint density at radius 3 is 2.68 bits per heavy atom. The van der Waals surface area contributed by atoms with Crippen molar-refractivity contribution >= 4 is 15.9 Å². The summed E-state index contributed by atoms with van der Waals surface area (Å²) in [6.07, 6.45) is 4.75. The predicted octanol–water partition coefficient (Wildman–Crippen LogP) is 4.33. The van der Waals surface area contributed by atoms with Crippen LogP contribution in [-0.4, -0.2) is 17.8 Å². The molecular formula is C16H23BrO2. The van der Waals surface area contributed by atoms with Gasteiger partial charge < -0.3 is 9.84 Å². The molecule has 1 aliphatic rings. The van der Waals surface area contributed by atoms with Crippen molar-refractivity contribution < 1.29 is 9.84 Å². The molecule has 0 amide bonds. The van der Waals surface area contributed by atoms with E-state index in [1.54, 1.807) is 7.11 Å². The first kappa shape index (κ1) is 14.9. The van der Waals surface area contributed by atoms with Crippen LogP contribution in [0.25, 0.3) is 0 Å². The van der Waals surface area contributed by atoms with Crippen molar-refractivity contribution in [1.29, 1.82) is 0 Å². The maximum Gasteiger partial charge on any atom is 0.119 e. The number of methoxy groups -OCH3 is 1. The fourth-order valence-electron chi connectivity index (χ4n) is 3.28. The standard InChI is InChI=1S/C16H23BrO2/c1-15(2)7-4-8-16(18,11-15)10-12-9-13(19-3)5-6-14(12)17/h5-6,9,18H,4,7-8,10-11H2,1-3H3. The molecule has 0 radical (unpaired) electrons. The fourth-order valence-corrected chi connectivity index (χ4v) is 3.67. The minimum absolute atomic E-state index is 0.234. The molecule has 106 valence electrons. The molecule has 1 saturated carbocycles. The largest absolute Gasteiger partial charge is 0.497 e. The van der Waals surface area contributed by atoms with Gasteiger partial charge in [-0.05, 0) is 48.4 Å². The molecule has 0 aliphatic heterocycles. The molecule has 0 heterocycles. The molecule has 0 bridgehead atoms. The maximum absolute atomic E-state index is 10.9. The molecule has 1 aromatic rings. The molecule has 0 saturated heterocycles. The Morgan fingerprint density at radius 1 is 1.32 bits per heavy atom. The van der Waals surface area contributed by atoms with Crippen LogP contribution in [0.15, 0.2) is 22.7 Å². The van der Waals surface area contributed by atoms with Crippen LogP contribution in [0.2, 0.25) is 0 Å². The van der Waals surface area contributed by atoms with Crippen LogP contribution in [0.4, 0.5) is 0 Å². The average Bonchev–Trinajstić information content (AvgIpc) is 2.30. The van der Waals surface area contributed by atoms with E-state index in [1.165, 1.54) is 6.42 Å². The predicted molar refractivity (Wildman–Crippen MR) is 81.6 cm³/mol. The van der Waals surface area contributed by atoms with Gasteiger partial charge in [0, 0.05) is 10.9 Å². The summed E-state index contributed by atoms with van der Waals surface area (Å²) in [5.41, 5.74) is 0.772. The van der Waals surface area contributed by atoms with E-state index in [2.05, 4.69) is 29.8 Å². The monoisotopic (exact) mass is 326 g/mol. The molecule has 2 rings (SSSR count). The van der Waals surface area contributed by atoms with E-state index in [0.29, 0.717) is 6.42 Å². The third kappa shape index (κ3) is 3.73. The van der Waals surface area contributed by atoms with E-state index < -0.39 is 5.60 Å². The summed E-state index contributed by atoms with van der Waals surface area (Å²) >= 11 is 3.57. The number of hydrogen-bond donors (Lipinski definition) is 1. The molecule has 1 unspecified atom stereocenters. The van der Waals surface area contributed by atoms with E-state index >= 15 is 0 Å². The zero-order valence-corrected chi connectivity index (χ0v) is 13.6. The third-order valence-electron chi connectivity index (χ3n) is 4.08. The number of ether oxygens (including phenoxy) is 1. The zero-order chi connectivity index (χ0) is 14.1. The molecule has 1 aliphatic carbocycles. The summed E-state index contributed by atoms with van der Waals surface area (Å²) in [5.74, 6) is 0.844. The van der Waals surface area contributed by atoms with Crippen molar-refractivity contribution in [3.05, 3.63) is 28.2 Å². The summed E-state index contributed by atoms with van der Waals surface area (Å²) in [4.78, 5) is 0. The number of halogens is 1. The van der Waals surface area contributed by atoms with Crippen LogP contribution in [-0.2, 0) is 6.42 Å². The summed E-state index contributed by atoms with van der Waals surface area (Å²) < 4.78 is 6.32. The Bertz CT molecular complexity index is 456. The topological polar surface area (TPSA) is 29.5 Å². The van der Waals surface area contributed by atoms with E-state index in [1.807, 2.05) is 18.2 Å². The van der Waals surface area contributed by atoms with Gasteiger partial charge in [-0.2, -0.15) is 0 Å². The van der Waals surface area contributed by atoms with Crippen molar-refractivity contribution in [2.75, 3.05) is 7.11 Å². The summed E-state index contributed by atoms with van der Waals surface area (Å²) in [6.45, 7) is 4.50. The summed E-state index contributed by atoms with van der Waals surface area (Å²) in [6, 6.07) is 5.94. The van der Waals surface area contributed by atoms with Gasteiger partial charge in [-0.15, -0.1) is 0 Å². The minimum Gasteiger partial charge on any atom is -0.497 e. The minimum atomic E-state index is -0.587. The number of rotatable bonds is 3. The maximum atomic E-state index is 10.9. The van der Waals surface area contributed by atoms with Gasteiger partial charge in [0.1, 0.15) is 5.75 Å². The highest BCUT2D eigenvalue weighted by Crippen LogP contribution is 2.43. The van der Waals surface area contributed by atoms with Gasteiger partial charge in [-0.25, -0.2) is 0 Å². The zero-order valence-electron chi connectivity index (χ0n) is 12.0. The fraction of sp³-hybridized carbons (Fsp3) is 0.625. The van der Waals surface area contributed by atoms with Crippen LogP contribution >= 0.6 is 15.9 Å². The quantitative estimate of drug-likeness (QED) is 0.895. The highest BCUT2D eigenvalue weighted by molar-refractivity contribution is 9.10. The molecule has 1 aromatic carbocycles. The lowest BCUT2D eigenvalue weighted by Crippen LogP contribution is -2.40. The Hall–Kier alpha value is -0.540. The van der Waals surface area contributed by atoms with Crippen LogP contribution in [0.1, 0.15) is 45.1 Å². The van der Waals surface area contributed by atoms with Gasteiger partial charge in [0.05, 0.1) is 12.7 Å². The van der Waals surface area contributed by atoms with Crippen LogP contribution < -0.4 is 4.74 Å². The van der Waals surface area contributed by atoms with E-state index in [0.717, 1.165) is 35.0 Å². The van der Waals surface area contributed by atoms with Crippen LogP contribution in [0.3, 0.4) is 0 Å².